The van der Waals surface area contributed by atoms with Gasteiger partial charge in [0.25, 0.3) is 5.91 Å². The van der Waals surface area contributed by atoms with E-state index in [4.69, 9.17) is 14.9 Å². The van der Waals surface area contributed by atoms with E-state index >= 15 is 0 Å². The normalized spacial score (nSPS) is 11.4. The molecule has 1 aromatic carbocycles. The standard InChI is InChI=1S/C17H19N3O5/c1-11(14-3-2-8-24-14)20-15(21)10-25-16(22)13-6-4-12(5-7-13)9-19-17(18)23/h2-8,11H,9-10H2,1H3,(H,20,21)(H3,18,19,23)/t11-/m1/s1. The van der Waals surface area contributed by atoms with E-state index in [9.17, 15) is 14.4 Å². The lowest BCUT2D eigenvalue weighted by Crippen LogP contribution is -2.31. The average Bonchev–Trinajstić information content (AvgIpc) is 3.13. The summed E-state index contributed by atoms with van der Waals surface area (Å²) in [5.74, 6) is -0.436. The number of esters is 1. The Hall–Kier alpha value is -3.29. The maximum atomic E-state index is 11.9. The molecule has 0 aliphatic carbocycles. The van der Waals surface area contributed by atoms with Crippen molar-refractivity contribution in [2.45, 2.75) is 19.5 Å². The van der Waals surface area contributed by atoms with Gasteiger partial charge in [-0.25, -0.2) is 9.59 Å². The Bertz CT molecular complexity index is 725. The summed E-state index contributed by atoms with van der Waals surface area (Å²) in [6.45, 7) is 1.63. The number of carbonyl (C=O) groups excluding carboxylic acids is 3. The average molecular weight is 345 g/mol. The predicted octanol–water partition coefficient (Wildman–Crippen LogP) is 1.48. The molecule has 8 heteroatoms. The maximum Gasteiger partial charge on any atom is 0.338 e. The van der Waals surface area contributed by atoms with Crippen LogP contribution in [0.3, 0.4) is 0 Å². The summed E-state index contributed by atoms with van der Waals surface area (Å²) in [5.41, 5.74) is 6.06. The molecular formula is C17H19N3O5. The largest absolute Gasteiger partial charge is 0.467 e. The first-order chi connectivity index (χ1) is 12.0. The summed E-state index contributed by atoms with van der Waals surface area (Å²) in [6.07, 6.45) is 1.51. The number of amides is 3. The number of primary amides is 1. The highest BCUT2D eigenvalue weighted by atomic mass is 16.5. The lowest BCUT2D eigenvalue weighted by molar-refractivity contribution is -0.125. The molecule has 1 heterocycles. The van der Waals surface area contributed by atoms with Crippen molar-refractivity contribution in [3.05, 3.63) is 59.5 Å². The van der Waals surface area contributed by atoms with E-state index in [2.05, 4.69) is 10.6 Å². The van der Waals surface area contributed by atoms with Gasteiger partial charge in [-0.15, -0.1) is 0 Å². The zero-order valence-electron chi connectivity index (χ0n) is 13.7. The molecule has 0 bridgehead atoms. The van der Waals surface area contributed by atoms with Gasteiger partial charge in [0.2, 0.25) is 0 Å². The Kier molecular flexibility index (Phi) is 6.16. The first kappa shape index (κ1) is 18.1. The Morgan fingerprint density at radius 1 is 1.20 bits per heavy atom. The molecule has 0 aliphatic heterocycles. The summed E-state index contributed by atoms with van der Waals surface area (Å²) in [4.78, 5) is 34.4. The minimum atomic E-state index is -0.627. The Morgan fingerprint density at radius 3 is 2.52 bits per heavy atom. The van der Waals surface area contributed by atoms with E-state index < -0.39 is 24.5 Å². The molecule has 25 heavy (non-hydrogen) atoms. The van der Waals surface area contributed by atoms with E-state index in [1.54, 1.807) is 43.3 Å². The van der Waals surface area contributed by atoms with Crippen molar-refractivity contribution < 1.29 is 23.5 Å². The molecule has 1 atom stereocenters. The van der Waals surface area contributed by atoms with Crippen molar-refractivity contribution in [3.8, 4) is 0 Å². The molecule has 8 nitrogen and oxygen atoms in total. The van der Waals surface area contributed by atoms with Gasteiger partial charge in [0.1, 0.15) is 5.76 Å². The smallest absolute Gasteiger partial charge is 0.338 e. The lowest BCUT2D eigenvalue weighted by Gasteiger charge is -2.11. The summed E-state index contributed by atoms with van der Waals surface area (Å²) in [6, 6.07) is 8.92. The van der Waals surface area contributed by atoms with Gasteiger partial charge in [-0.3, -0.25) is 4.79 Å². The fourth-order valence-electron chi connectivity index (χ4n) is 2.05. The van der Waals surface area contributed by atoms with Crippen LogP contribution in [0.5, 0.6) is 0 Å². The fourth-order valence-corrected chi connectivity index (χ4v) is 2.05. The highest BCUT2D eigenvalue weighted by molar-refractivity contribution is 5.91. The molecule has 0 saturated carbocycles. The highest BCUT2D eigenvalue weighted by Crippen LogP contribution is 2.12. The first-order valence-electron chi connectivity index (χ1n) is 7.58. The van der Waals surface area contributed by atoms with Gasteiger partial charge < -0.3 is 25.5 Å². The van der Waals surface area contributed by atoms with Crippen molar-refractivity contribution in [1.82, 2.24) is 10.6 Å². The number of hydrogen-bond donors (Lipinski definition) is 3. The molecule has 0 unspecified atom stereocenters. The molecule has 1 aromatic heterocycles. The number of carbonyl (C=O) groups is 3. The molecule has 0 aliphatic rings. The second kappa shape index (κ2) is 8.53. The van der Waals surface area contributed by atoms with E-state index in [1.807, 2.05) is 0 Å². The van der Waals surface area contributed by atoms with E-state index in [0.29, 0.717) is 11.3 Å². The first-order valence-corrected chi connectivity index (χ1v) is 7.58. The summed E-state index contributed by atoms with van der Waals surface area (Å²) in [7, 11) is 0. The Morgan fingerprint density at radius 2 is 1.92 bits per heavy atom. The molecule has 132 valence electrons. The highest BCUT2D eigenvalue weighted by Gasteiger charge is 2.14. The predicted molar refractivity (Wildman–Crippen MR) is 88.4 cm³/mol. The van der Waals surface area contributed by atoms with Crippen LogP contribution < -0.4 is 16.4 Å². The number of urea groups is 1. The van der Waals surface area contributed by atoms with Crippen LogP contribution in [0.15, 0.2) is 47.1 Å². The molecule has 4 N–H and O–H groups in total. The third-order valence-electron chi connectivity index (χ3n) is 3.34. The van der Waals surface area contributed by atoms with Gasteiger partial charge >= 0.3 is 12.0 Å². The minimum Gasteiger partial charge on any atom is -0.467 e. The van der Waals surface area contributed by atoms with E-state index in [0.717, 1.165) is 5.56 Å². The monoisotopic (exact) mass is 345 g/mol. The summed E-state index contributed by atoms with van der Waals surface area (Å²) < 4.78 is 10.2. The fraction of sp³-hybridized carbons (Fsp3) is 0.235. The third kappa shape index (κ3) is 5.69. The molecule has 2 aromatic rings. The Balaban J connectivity index is 1.79. The van der Waals surface area contributed by atoms with Gasteiger partial charge in [0.05, 0.1) is 17.9 Å². The quantitative estimate of drug-likeness (QED) is 0.656. The molecule has 2 rings (SSSR count). The molecule has 0 spiro atoms. The van der Waals surface area contributed by atoms with Crippen LogP contribution in [0.1, 0.15) is 34.6 Å². The zero-order valence-corrected chi connectivity index (χ0v) is 13.7. The van der Waals surface area contributed by atoms with Crippen LogP contribution in [0.2, 0.25) is 0 Å². The Labute approximate surface area is 144 Å². The van der Waals surface area contributed by atoms with Gasteiger partial charge in [-0.1, -0.05) is 12.1 Å². The number of hydrogen-bond acceptors (Lipinski definition) is 5. The van der Waals surface area contributed by atoms with E-state index in [1.165, 1.54) is 6.26 Å². The van der Waals surface area contributed by atoms with E-state index in [-0.39, 0.29) is 12.6 Å². The number of nitrogens with two attached hydrogens (primary N) is 1. The molecule has 0 fully saturated rings. The SMILES string of the molecule is C[C@@H](NC(=O)COC(=O)c1ccc(CNC(N)=O)cc1)c1ccco1. The van der Waals surface area contributed by atoms with Crippen LogP contribution in [0, 0.1) is 0 Å². The second-order valence-electron chi connectivity index (χ2n) is 5.30. The van der Waals surface area contributed by atoms with Gasteiger partial charge in [0, 0.05) is 6.54 Å². The summed E-state index contributed by atoms with van der Waals surface area (Å²) >= 11 is 0. The summed E-state index contributed by atoms with van der Waals surface area (Å²) in [5, 5.41) is 5.11. The third-order valence-corrected chi connectivity index (χ3v) is 3.34. The maximum absolute atomic E-state index is 11.9. The molecular weight excluding hydrogens is 326 g/mol. The van der Waals surface area contributed by atoms with Crippen LogP contribution in [-0.2, 0) is 16.1 Å². The van der Waals surface area contributed by atoms with Gasteiger partial charge in [-0.05, 0) is 36.8 Å². The molecule has 0 saturated heterocycles. The van der Waals surface area contributed by atoms with Gasteiger partial charge in [-0.2, -0.15) is 0 Å². The van der Waals surface area contributed by atoms with Crippen molar-refractivity contribution >= 4 is 17.9 Å². The number of nitrogens with one attached hydrogen (secondary N) is 2. The topological polar surface area (TPSA) is 124 Å². The van der Waals surface area contributed by atoms with Gasteiger partial charge in [0.15, 0.2) is 6.61 Å². The molecule has 0 radical (unpaired) electrons. The molecule has 3 amide bonds. The van der Waals surface area contributed by atoms with Crippen molar-refractivity contribution in [3.63, 3.8) is 0 Å². The van der Waals surface area contributed by atoms with Crippen LogP contribution >= 0.6 is 0 Å². The second-order valence-corrected chi connectivity index (χ2v) is 5.30. The number of rotatable bonds is 7. The zero-order chi connectivity index (χ0) is 18.2. The van der Waals surface area contributed by atoms with Crippen molar-refractivity contribution in [1.29, 1.82) is 0 Å². The van der Waals surface area contributed by atoms with Crippen LogP contribution in [0.4, 0.5) is 4.79 Å². The lowest BCUT2D eigenvalue weighted by atomic mass is 10.1. The minimum absolute atomic E-state index is 0.262. The number of benzene rings is 1. The number of furan rings is 1. The number of ether oxygens (including phenoxy) is 1. The van der Waals surface area contributed by atoms with Crippen molar-refractivity contribution in [2.75, 3.05) is 6.61 Å². The van der Waals surface area contributed by atoms with Crippen LogP contribution in [0.25, 0.3) is 0 Å². The van der Waals surface area contributed by atoms with Crippen LogP contribution in [-0.4, -0.2) is 24.5 Å². The van der Waals surface area contributed by atoms with Crippen molar-refractivity contribution in [2.24, 2.45) is 5.73 Å².